The molecule has 0 fully saturated rings. The summed E-state index contributed by atoms with van der Waals surface area (Å²) >= 11 is 0. The van der Waals surface area contributed by atoms with Crippen LogP contribution < -0.4 is 4.74 Å². The standard InChI is InChI=1S/C22H19N3O/c1-3-19-18-13-15(17-8-4-5-9-21(17)26-2)10-11-20(18)25-22(24-19)16-7-6-12-23-14-16/h4-14H,3H2,1-2H3. The zero-order valence-corrected chi connectivity index (χ0v) is 14.8. The van der Waals surface area contributed by atoms with E-state index in [0.29, 0.717) is 5.82 Å². The third-order valence-corrected chi connectivity index (χ3v) is 4.45. The first-order valence-electron chi connectivity index (χ1n) is 8.64. The number of methoxy groups -OCH3 is 1. The summed E-state index contributed by atoms with van der Waals surface area (Å²) in [6.45, 7) is 2.12. The van der Waals surface area contributed by atoms with E-state index in [0.717, 1.165) is 45.5 Å². The first-order chi connectivity index (χ1) is 12.8. The summed E-state index contributed by atoms with van der Waals surface area (Å²) in [5, 5.41) is 1.07. The number of pyridine rings is 1. The van der Waals surface area contributed by atoms with Crippen LogP contribution in [0.25, 0.3) is 33.4 Å². The van der Waals surface area contributed by atoms with Gasteiger partial charge < -0.3 is 4.74 Å². The fraction of sp³-hybridized carbons (Fsp3) is 0.136. The minimum Gasteiger partial charge on any atom is -0.496 e. The molecule has 0 aliphatic heterocycles. The fourth-order valence-corrected chi connectivity index (χ4v) is 3.14. The Balaban J connectivity index is 1.89. The summed E-state index contributed by atoms with van der Waals surface area (Å²) in [4.78, 5) is 13.7. The minimum absolute atomic E-state index is 0.715. The predicted octanol–water partition coefficient (Wildman–Crippen LogP) is 4.93. The monoisotopic (exact) mass is 341 g/mol. The van der Waals surface area contributed by atoms with Gasteiger partial charge in [-0.1, -0.05) is 31.2 Å². The van der Waals surface area contributed by atoms with Crippen LogP contribution in [0.1, 0.15) is 12.6 Å². The van der Waals surface area contributed by atoms with E-state index >= 15 is 0 Å². The largest absolute Gasteiger partial charge is 0.496 e. The molecule has 2 aromatic heterocycles. The maximum atomic E-state index is 5.51. The molecular formula is C22H19N3O. The molecule has 0 saturated heterocycles. The van der Waals surface area contributed by atoms with E-state index in [4.69, 9.17) is 14.7 Å². The smallest absolute Gasteiger partial charge is 0.161 e. The summed E-state index contributed by atoms with van der Waals surface area (Å²) in [6.07, 6.45) is 4.39. The third kappa shape index (κ3) is 2.90. The first kappa shape index (κ1) is 16.2. The molecule has 0 spiro atoms. The molecule has 2 heterocycles. The van der Waals surface area contributed by atoms with Crippen molar-refractivity contribution in [3.63, 3.8) is 0 Å². The summed E-state index contributed by atoms with van der Waals surface area (Å²) < 4.78 is 5.51. The molecule has 4 nitrogen and oxygen atoms in total. The van der Waals surface area contributed by atoms with Crippen molar-refractivity contribution in [2.24, 2.45) is 0 Å². The maximum absolute atomic E-state index is 5.51. The number of aryl methyl sites for hydroxylation is 1. The number of aromatic nitrogens is 3. The summed E-state index contributed by atoms with van der Waals surface area (Å²) in [6, 6.07) is 18.2. The van der Waals surface area contributed by atoms with E-state index in [1.807, 2.05) is 30.3 Å². The Morgan fingerprint density at radius 1 is 0.923 bits per heavy atom. The quantitative estimate of drug-likeness (QED) is 0.528. The summed E-state index contributed by atoms with van der Waals surface area (Å²) in [7, 11) is 1.70. The third-order valence-electron chi connectivity index (χ3n) is 4.45. The Kier molecular flexibility index (Phi) is 4.32. The van der Waals surface area contributed by atoms with E-state index < -0.39 is 0 Å². The highest BCUT2D eigenvalue weighted by molar-refractivity contribution is 5.88. The van der Waals surface area contributed by atoms with Crippen LogP contribution in [0.5, 0.6) is 5.75 Å². The SMILES string of the molecule is CCc1nc(-c2cccnc2)nc2ccc(-c3ccccc3OC)cc12. The number of rotatable bonds is 4. The van der Waals surface area contributed by atoms with Crippen LogP contribution in [0.3, 0.4) is 0 Å². The Labute approximate surface area is 152 Å². The van der Waals surface area contributed by atoms with Crippen molar-refractivity contribution in [1.82, 2.24) is 15.0 Å². The Morgan fingerprint density at radius 3 is 2.58 bits per heavy atom. The molecule has 0 amide bonds. The molecule has 2 aromatic carbocycles. The molecule has 0 saturated carbocycles. The van der Waals surface area contributed by atoms with Gasteiger partial charge in [-0.05, 0) is 42.3 Å². The molecule has 0 bridgehead atoms. The number of hydrogen-bond donors (Lipinski definition) is 0. The number of benzene rings is 2. The van der Waals surface area contributed by atoms with Crippen molar-refractivity contribution in [2.75, 3.05) is 7.11 Å². The van der Waals surface area contributed by atoms with Crippen LogP contribution >= 0.6 is 0 Å². The topological polar surface area (TPSA) is 47.9 Å². The average Bonchev–Trinajstić information content (AvgIpc) is 2.73. The van der Waals surface area contributed by atoms with Crippen LogP contribution in [0.2, 0.25) is 0 Å². The van der Waals surface area contributed by atoms with Gasteiger partial charge in [0.05, 0.1) is 18.3 Å². The van der Waals surface area contributed by atoms with Crippen LogP contribution in [0, 0.1) is 0 Å². The molecule has 4 aromatic rings. The van der Waals surface area contributed by atoms with Gasteiger partial charge in [0, 0.05) is 28.9 Å². The number of para-hydroxylation sites is 1. The Bertz CT molecular complexity index is 1060. The molecule has 0 N–H and O–H groups in total. The molecule has 128 valence electrons. The second-order valence-electron chi connectivity index (χ2n) is 6.02. The van der Waals surface area contributed by atoms with Gasteiger partial charge in [0.1, 0.15) is 5.75 Å². The molecule has 0 unspecified atom stereocenters. The van der Waals surface area contributed by atoms with Gasteiger partial charge in [0.2, 0.25) is 0 Å². The second kappa shape index (κ2) is 6.92. The predicted molar refractivity (Wildman–Crippen MR) is 104 cm³/mol. The summed E-state index contributed by atoms with van der Waals surface area (Å²) in [5.74, 6) is 1.57. The van der Waals surface area contributed by atoms with Crippen LogP contribution in [0.15, 0.2) is 67.0 Å². The maximum Gasteiger partial charge on any atom is 0.161 e. The lowest BCUT2D eigenvalue weighted by molar-refractivity contribution is 0.416. The number of ether oxygens (including phenoxy) is 1. The fourth-order valence-electron chi connectivity index (χ4n) is 3.14. The molecule has 0 atom stereocenters. The summed E-state index contributed by atoms with van der Waals surface area (Å²) in [5.41, 5.74) is 5.07. The molecule has 26 heavy (non-hydrogen) atoms. The lowest BCUT2D eigenvalue weighted by Crippen LogP contribution is -1.98. The van der Waals surface area contributed by atoms with Crippen molar-refractivity contribution < 1.29 is 4.74 Å². The normalized spacial score (nSPS) is 10.8. The number of hydrogen-bond acceptors (Lipinski definition) is 4. The van der Waals surface area contributed by atoms with E-state index in [-0.39, 0.29) is 0 Å². The Morgan fingerprint density at radius 2 is 1.81 bits per heavy atom. The molecular weight excluding hydrogens is 322 g/mol. The van der Waals surface area contributed by atoms with Gasteiger partial charge in [-0.25, -0.2) is 9.97 Å². The van der Waals surface area contributed by atoms with Crippen LogP contribution in [-0.4, -0.2) is 22.1 Å². The van der Waals surface area contributed by atoms with Crippen LogP contribution in [0.4, 0.5) is 0 Å². The molecule has 4 heteroatoms. The van der Waals surface area contributed by atoms with Gasteiger partial charge in [-0.2, -0.15) is 0 Å². The number of fused-ring (bicyclic) bond motifs is 1. The van der Waals surface area contributed by atoms with Gasteiger partial charge >= 0.3 is 0 Å². The second-order valence-corrected chi connectivity index (χ2v) is 6.02. The van der Waals surface area contributed by atoms with Gasteiger partial charge in [0.15, 0.2) is 5.82 Å². The highest BCUT2D eigenvalue weighted by Crippen LogP contribution is 2.32. The highest BCUT2D eigenvalue weighted by Gasteiger charge is 2.11. The lowest BCUT2D eigenvalue weighted by atomic mass is 10.0. The van der Waals surface area contributed by atoms with Gasteiger partial charge in [0.25, 0.3) is 0 Å². The zero-order valence-electron chi connectivity index (χ0n) is 14.8. The molecule has 0 aliphatic rings. The van der Waals surface area contributed by atoms with Crippen molar-refractivity contribution in [3.05, 3.63) is 72.7 Å². The number of nitrogens with zero attached hydrogens (tertiary/aromatic N) is 3. The molecule has 0 aliphatic carbocycles. The van der Waals surface area contributed by atoms with Crippen LogP contribution in [-0.2, 0) is 6.42 Å². The van der Waals surface area contributed by atoms with Crippen molar-refractivity contribution in [1.29, 1.82) is 0 Å². The molecule has 4 rings (SSSR count). The molecule has 0 radical (unpaired) electrons. The first-order valence-corrected chi connectivity index (χ1v) is 8.64. The van der Waals surface area contributed by atoms with Crippen molar-refractivity contribution >= 4 is 10.9 Å². The lowest BCUT2D eigenvalue weighted by Gasteiger charge is -2.11. The van der Waals surface area contributed by atoms with E-state index in [1.165, 1.54) is 0 Å². The zero-order chi connectivity index (χ0) is 17.9. The van der Waals surface area contributed by atoms with E-state index in [9.17, 15) is 0 Å². The van der Waals surface area contributed by atoms with Gasteiger partial charge in [-0.3, -0.25) is 4.98 Å². The average molecular weight is 341 g/mol. The van der Waals surface area contributed by atoms with E-state index in [2.05, 4.69) is 36.2 Å². The van der Waals surface area contributed by atoms with Crippen molar-refractivity contribution in [3.8, 4) is 28.3 Å². The minimum atomic E-state index is 0.715. The van der Waals surface area contributed by atoms with Crippen molar-refractivity contribution in [2.45, 2.75) is 13.3 Å². The van der Waals surface area contributed by atoms with Gasteiger partial charge in [-0.15, -0.1) is 0 Å². The van der Waals surface area contributed by atoms with E-state index in [1.54, 1.807) is 19.5 Å². The highest BCUT2D eigenvalue weighted by atomic mass is 16.5. The Hall–Kier alpha value is -3.27.